The molecule has 3 aromatic heterocycles. The lowest BCUT2D eigenvalue weighted by Crippen LogP contribution is -2.39. The highest BCUT2D eigenvalue weighted by Gasteiger charge is 2.64. The summed E-state index contributed by atoms with van der Waals surface area (Å²) in [4.78, 5) is 17.1. The predicted octanol–water partition coefficient (Wildman–Crippen LogP) is 4.36. The molecule has 2 aromatic carbocycles. The number of alkyl halides is 3. The van der Waals surface area contributed by atoms with E-state index >= 15 is 0 Å². The molecule has 1 saturated carbocycles. The van der Waals surface area contributed by atoms with Crippen LogP contribution in [0.25, 0.3) is 28.0 Å². The number of fused-ring (bicyclic) bond motifs is 1. The Morgan fingerprint density at radius 1 is 1.07 bits per heavy atom. The maximum atomic E-state index is 13.9. The first-order valence-corrected chi connectivity index (χ1v) is 14.9. The first kappa shape index (κ1) is 28.3. The zero-order valence-electron chi connectivity index (χ0n) is 22.9. The van der Waals surface area contributed by atoms with Crippen LogP contribution in [0.3, 0.4) is 0 Å². The summed E-state index contributed by atoms with van der Waals surface area (Å²) >= 11 is 0. The van der Waals surface area contributed by atoms with Crippen molar-refractivity contribution in [2.24, 2.45) is 0 Å². The van der Waals surface area contributed by atoms with Crippen molar-refractivity contribution in [1.29, 1.82) is 0 Å². The highest BCUT2D eigenvalue weighted by Crippen LogP contribution is 2.51. The van der Waals surface area contributed by atoms with E-state index < -0.39 is 21.6 Å². The minimum Gasteiger partial charge on any atom is -0.495 e. The van der Waals surface area contributed by atoms with Crippen molar-refractivity contribution in [1.82, 2.24) is 29.7 Å². The van der Waals surface area contributed by atoms with Gasteiger partial charge in [-0.25, -0.2) is 28.1 Å². The zero-order valence-corrected chi connectivity index (χ0v) is 23.7. The molecule has 0 saturated heterocycles. The monoisotopic (exact) mass is 610 g/mol. The van der Waals surface area contributed by atoms with Gasteiger partial charge in [0.1, 0.15) is 39.9 Å². The standard InChI is InChI=1S/C28H25F3N8O3S/c1-42-21-7-6-17(13-22(21)43(2,40)41)20-12-18(10-16-4-3-5-19(11-16)39-15-33-14-34-39)23-24(35-20)25(37-26(32)36-23)38-27(8-9-27)28(29,30)31/h3-7,11-15H,8-10H2,1-2H3,(H3,32,36,37,38). The van der Waals surface area contributed by atoms with Gasteiger partial charge in [-0.1, -0.05) is 12.1 Å². The molecule has 5 aromatic rings. The first-order chi connectivity index (χ1) is 20.4. The highest BCUT2D eigenvalue weighted by atomic mass is 32.2. The molecular formula is C28H25F3N8O3S. The first-order valence-electron chi connectivity index (χ1n) is 13.0. The van der Waals surface area contributed by atoms with Crippen molar-refractivity contribution in [3.63, 3.8) is 0 Å². The average molecular weight is 611 g/mol. The maximum absolute atomic E-state index is 13.9. The van der Waals surface area contributed by atoms with Crippen LogP contribution in [0.2, 0.25) is 0 Å². The minimum absolute atomic E-state index is 0.0580. The fourth-order valence-corrected chi connectivity index (χ4v) is 5.74. The fourth-order valence-electron chi connectivity index (χ4n) is 4.89. The normalized spacial score (nSPS) is 14.5. The van der Waals surface area contributed by atoms with Gasteiger partial charge in [0.05, 0.1) is 18.5 Å². The molecule has 11 nitrogen and oxygen atoms in total. The van der Waals surface area contributed by atoms with Crippen LogP contribution >= 0.6 is 0 Å². The Balaban J connectivity index is 1.55. The number of nitrogen functional groups attached to an aromatic ring is 1. The molecule has 0 bridgehead atoms. The average Bonchev–Trinajstić information content (AvgIpc) is 3.54. The molecule has 0 amide bonds. The van der Waals surface area contributed by atoms with Crippen molar-refractivity contribution in [2.45, 2.75) is 35.9 Å². The van der Waals surface area contributed by atoms with Crippen LogP contribution in [0, 0.1) is 0 Å². The summed E-state index contributed by atoms with van der Waals surface area (Å²) in [5.41, 5.74) is 7.06. The number of nitrogens with two attached hydrogens (primary N) is 1. The Morgan fingerprint density at radius 2 is 1.86 bits per heavy atom. The van der Waals surface area contributed by atoms with E-state index in [-0.39, 0.29) is 52.7 Å². The van der Waals surface area contributed by atoms with Crippen molar-refractivity contribution in [2.75, 3.05) is 24.4 Å². The van der Waals surface area contributed by atoms with Crippen LogP contribution in [0.4, 0.5) is 24.9 Å². The van der Waals surface area contributed by atoms with Crippen LogP contribution in [-0.4, -0.2) is 63.2 Å². The van der Waals surface area contributed by atoms with Gasteiger partial charge in [-0.05, 0) is 66.8 Å². The molecule has 6 rings (SSSR count). The second-order valence-corrected chi connectivity index (χ2v) is 12.3. The Kier molecular flexibility index (Phi) is 6.71. The number of methoxy groups -OCH3 is 1. The number of hydrogen-bond acceptors (Lipinski definition) is 10. The van der Waals surface area contributed by atoms with E-state index in [1.807, 2.05) is 24.3 Å². The lowest BCUT2D eigenvalue weighted by molar-refractivity contribution is -0.151. The second kappa shape index (κ2) is 10.2. The third kappa shape index (κ3) is 5.43. The molecule has 1 aliphatic rings. The fraction of sp³-hybridized carbons (Fsp3) is 0.250. The maximum Gasteiger partial charge on any atom is 0.411 e. The molecule has 3 heterocycles. The van der Waals surface area contributed by atoms with Crippen molar-refractivity contribution < 1.29 is 26.3 Å². The lowest BCUT2D eigenvalue weighted by Gasteiger charge is -2.22. The molecule has 43 heavy (non-hydrogen) atoms. The number of ether oxygens (including phenoxy) is 1. The van der Waals surface area contributed by atoms with Crippen LogP contribution in [0.5, 0.6) is 5.75 Å². The summed E-state index contributed by atoms with van der Waals surface area (Å²) in [7, 11) is -2.34. The second-order valence-electron chi connectivity index (χ2n) is 10.3. The van der Waals surface area contributed by atoms with Gasteiger partial charge in [0.2, 0.25) is 5.95 Å². The third-order valence-electron chi connectivity index (χ3n) is 7.25. The van der Waals surface area contributed by atoms with Crippen LogP contribution in [0.15, 0.2) is 66.1 Å². The summed E-state index contributed by atoms with van der Waals surface area (Å²) < 4.78 is 73.7. The van der Waals surface area contributed by atoms with Gasteiger partial charge < -0.3 is 15.8 Å². The molecular weight excluding hydrogens is 585 g/mol. The molecule has 0 atom stereocenters. The van der Waals surface area contributed by atoms with Crippen LogP contribution < -0.4 is 15.8 Å². The van der Waals surface area contributed by atoms with Crippen molar-refractivity contribution in [3.8, 4) is 22.7 Å². The molecule has 3 N–H and O–H groups in total. The number of nitrogens with zero attached hydrogens (tertiary/aromatic N) is 6. The van der Waals surface area contributed by atoms with E-state index in [0.29, 0.717) is 16.8 Å². The van der Waals surface area contributed by atoms with Gasteiger partial charge >= 0.3 is 6.18 Å². The predicted molar refractivity (Wildman–Crippen MR) is 153 cm³/mol. The number of aromatic nitrogens is 6. The number of rotatable bonds is 8. The number of nitrogens with one attached hydrogen (secondary N) is 1. The van der Waals surface area contributed by atoms with E-state index in [0.717, 1.165) is 17.5 Å². The molecule has 1 aliphatic carbocycles. The highest BCUT2D eigenvalue weighted by molar-refractivity contribution is 7.90. The van der Waals surface area contributed by atoms with Gasteiger partial charge in [0, 0.05) is 11.8 Å². The van der Waals surface area contributed by atoms with E-state index in [1.54, 1.807) is 23.1 Å². The number of hydrogen-bond donors (Lipinski definition) is 2. The Morgan fingerprint density at radius 3 is 2.51 bits per heavy atom. The summed E-state index contributed by atoms with van der Waals surface area (Å²) in [6, 6.07) is 13.7. The Labute approximate surface area is 243 Å². The molecule has 15 heteroatoms. The molecule has 0 unspecified atom stereocenters. The van der Waals surface area contributed by atoms with Gasteiger partial charge in [-0.3, -0.25) is 0 Å². The summed E-state index contributed by atoms with van der Waals surface area (Å²) in [6.45, 7) is 0. The zero-order chi connectivity index (χ0) is 30.6. The van der Waals surface area contributed by atoms with E-state index in [2.05, 4.69) is 30.4 Å². The van der Waals surface area contributed by atoms with Gasteiger partial charge in [0.25, 0.3) is 0 Å². The van der Waals surface area contributed by atoms with Crippen LogP contribution in [0.1, 0.15) is 24.0 Å². The number of sulfone groups is 1. The Hall–Kier alpha value is -4.79. The minimum atomic E-state index is -4.53. The molecule has 0 spiro atoms. The topological polar surface area (TPSA) is 151 Å². The quantitative estimate of drug-likeness (QED) is 0.259. The number of anilines is 2. The number of pyridine rings is 1. The van der Waals surface area contributed by atoms with E-state index in [9.17, 15) is 21.6 Å². The van der Waals surface area contributed by atoms with Crippen molar-refractivity contribution >= 4 is 32.6 Å². The smallest absolute Gasteiger partial charge is 0.411 e. The number of halogens is 3. The third-order valence-corrected chi connectivity index (χ3v) is 8.36. The van der Waals surface area contributed by atoms with Crippen molar-refractivity contribution in [3.05, 3.63) is 72.3 Å². The molecule has 0 radical (unpaired) electrons. The van der Waals surface area contributed by atoms with Gasteiger partial charge in [-0.2, -0.15) is 23.3 Å². The van der Waals surface area contributed by atoms with Gasteiger partial charge in [0.15, 0.2) is 15.7 Å². The molecule has 222 valence electrons. The lowest BCUT2D eigenvalue weighted by atomic mass is 10.0. The van der Waals surface area contributed by atoms with E-state index in [1.165, 1.54) is 25.6 Å². The Bertz CT molecular complexity index is 1960. The summed E-state index contributed by atoms with van der Waals surface area (Å²) in [5.74, 6) is -0.228. The SMILES string of the molecule is COc1ccc(-c2cc(Cc3cccc(-n4cncn4)c3)c3nc(N)nc(NC4(C(F)(F)F)CC4)c3n2)cc1S(C)(=O)=O. The number of benzene rings is 2. The summed E-state index contributed by atoms with van der Waals surface area (Å²) in [5, 5.41) is 6.71. The summed E-state index contributed by atoms with van der Waals surface area (Å²) in [6.07, 6.45) is -0.467. The van der Waals surface area contributed by atoms with Gasteiger partial charge in [-0.15, -0.1) is 0 Å². The molecule has 1 fully saturated rings. The van der Waals surface area contributed by atoms with Crippen LogP contribution in [-0.2, 0) is 16.3 Å². The van der Waals surface area contributed by atoms with E-state index in [4.69, 9.17) is 10.5 Å². The molecule has 0 aliphatic heterocycles. The largest absolute Gasteiger partial charge is 0.495 e.